The minimum Gasteiger partial charge on any atom is -0.481 e. The first-order valence-electron chi connectivity index (χ1n) is 5.49. The van der Waals surface area contributed by atoms with Gasteiger partial charge in [0, 0.05) is 19.6 Å². The SMILES string of the molecule is CC.CN(CCNCCC(=O)O)CC(F)(F)F. The number of nitrogens with one attached hydrogen (secondary N) is 1. The number of carboxylic acids is 1. The normalized spacial score (nSPS) is 11.0. The van der Waals surface area contributed by atoms with Crippen LogP contribution in [-0.4, -0.2) is 55.4 Å². The number of rotatable bonds is 7. The lowest BCUT2D eigenvalue weighted by atomic mass is 10.4. The van der Waals surface area contributed by atoms with Gasteiger partial charge in [-0.25, -0.2) is 0 Å². The highest BCUT2D eigenvalue weighted by Gasteiger charge is 2.28. The smallest absolute Gasteiger partial charge is 0.401 e. The Bertz CT molecular complexity index is 198. The topological polar surface area (TPSA) is 52.6 Å². The molecule has 0 aromatic rings. The zero-order chi connectivity index (χ0) is 13.9. The van der Waals surface area contributed by atoms with Crippen molar-refractivity contribution in [3.63, 3.8) is 0 Å². The molecule has 2 N–H and O–H groups in total. The van der Waals surface area contributed by atoms with E-state index in [1.807, 2.05) is 13.8 Å². The van der Waals surface area contributed by atoms with Crippen molar-refractivity contribution in [2.24, 2.45) is 0 Å². The van der Waals surface area contributed by atoms with Gasteiger partial charge in [-0.3, -0.25) is 9.69 Å². The fraction of sp³-hybridized carbons (Fsp3) is 0.900. The Morgan fingerprint density at radius 3 is 2.24 bits per heavy atom. The van der Waals surface area contributed by atoms with Crippen LogP contribution in [0.3, 0.4) is 0 Å². The first-order valence-corrected chi connectivity index (χ1v) is 5.49. The number of halogens is 3. The van der Waals surface area contributed by atoms with E-state index in [4.69, 9.17) is 5.11 Å². The summed E-state index contributed by atoms with van der Waals surface area (Å²) in [7, 11) is 1.37. The predicted octanol–water partition coefficient (Wildman–Crippen LogP) is 1.57. The van der Waals surface area contributed by atoms with Gasteiger partial charge in [-0.2, -0.15) is 13.2 Å². The summed E-state index contributed by atoms with van der Waals surface area (Å²) in [6, 6.07) is 0. The summed E-state index contributed by atoms with van der Waals surface area (Å²) in [5.74, 6) is -0.925. The molecule has 0 aromatic heterocycles. The molecular weight excluding hydrogens is 237 g/mol. The maximum atomic E-state index is 11.8. The maximum Gasteiger partial charge on any atom is 0.401 e. The lowest BCUT2D eigenvalue weighted by Gasteiger charge is -2.18. The van der Waals surface area contributed by atoms with Crippen molar-refractivity contribution >= 4 is 5.97 Å². The van der Waals surface area contributed by atoms with E-state index in [0.29, 0.717) is 6.54 Å². The van der Waals surface area contributed by atoms with Crippen LogP contribution in [0.1, 0.15) is 20.3 Å². The number of carbonyl (C=O) groups is 1. The lowest BCUT2D eigenvalue weighted by Crippen LogP contribution is -2.36. The molecule has 0 spiro atoms. The minimum atomic E-state index is -4.18. The Morgan fingerprint density at radius 2 is 1.82 bits per heavy atom. The van der Waals surface area contributed by atoms with E-state index in [-0.39, 0.29) is 19.5 Å². The third-order valence-electron chi connectivity index (χ3n) is 1.64. The van der Waals surface area contributed by atoms with Crippen molar-refractivity contribution in [3.05, 3.63) is 0 Å². The van der Waals surface area contributed by atoms with Crippen LogP contribution in [0.15, 0.2) is 0 Å². The van der Waals surface area contributed by atoms with Gasteiger partial charge < -0.3 is 10.4 Å². The summed E-state index contributed by atoms with van der Waals surface area (Å²) in [4.78, 5) is 11.2. The number of alkyl halides is 3. The third kappa shape index (κ3) is 17.8. The number of aliphatic carboxylic acids is 1. The van der Waals surface area contributed by atoms with Crippen LogP contribution >= 0.6 is 0 Å². The van der Waals surface area contributed by atoms with Gasteiger partial charge in [0.2, 0.25) is 0 Å². The second kappa shape index (κ2) is 10.3. The highest BCUT2D eigenvalue weighted by Crippen LogP contribution is 2.14. The van der Waals surface area contributed by atoms with Crippen LogP contribution in [0.2, 0.25) is 0 Å². The number of carboxylic acid groups (broad SMARTS) is 1. The monoisotopic (exact) mass is 258 g/mol. The van der Waals surface area contributed by atoms with Crippen LogP contribution in [-0.2, 0) is 4.79 Å². The van der Waals surface area contributed by atoms with Gasteiger partial charge in [-0.1, -0.05) is 13.8 Å². The first-order chi connectivity index (χ1) is 7.81. The predicted molar refractivity (Wildman–Crippen MR) is 60.0 cm³/mol. The van der Waals surface area contributed by atoms with Gasteiger partial charge in [0.25, 0.3) is 0 Å². The minimum absolute atomic E-state index is 0.0248. The van der Waals surface area contributed by atoms with E-state index in [0.717, 1.165) is 4.90 Å². The number of hydrogen-bond acceptors (Lipinski definition) is 3. The van der Waals surface area contributed by atoms with Crippen molar-refractivity contribution < 1.29 is 23.1 Å². The van der Waals surface area contributed by atoms with Gasteiger partial charge in [0.1, 0.15) is 0 Å². The molecule has 4 nitrogen and oxygen atoms in total. The van der Waals surface area contributed by atoms with E-state index in [9.17, 15) is 18.0 Å². The summed E-state index contributed by atoms with van der Waals surface area (Å²) >= 11 is 0. The molecule has 0 aromatic carbocycles. The standard InChI is InChI=1S/C8H15F3N2O2.C2H6/c1-13(6-8(9,10)11)5-4-12-3-2-7(14)15;1-2/h12H,2-6H2,1H3,(H,14,15);1-2H3. The quantitative estimate of drug-likeness (QED) is 0.681. The molecule has 0 aliphatic heterocycles. The zero-order valence-electron chi connectivity index (χ0n) is 10.5. The summed E-state index contributed by atoms with van der Waals surface area (Å²) in [6.07, 6.45) is -4.21. The summed E-state index contributed by atoms with van der Waals surface area (Å²) in [5.41, 5.74) is 0. The Labute approximate surface area is 99.8 Å². The zero-order valence-corrected chi connectivity index (χ0v) is 10.5. The molecule has 0 amide bonds. The highest BCUT2D eigenvalue weighted by atomic mass is 19.4. The van der Waals surface area contributed by atoms with E-state index in [1.54, 1.807) is 0 Å². The molecule has 0 unspecified atom stereocenters. The Morgan fingerprint density at radius 1 is 1.29 bits per heavy atom. The number of nitrogens with zero attached hydrogens (tertiary/aromatic N) is 1. The molecule has 0 rings (SSSR count). The van der Waals surface area contributed by atoms with Crippen molar-refractivity contribution in [2.75, 3.05) is 33.2 Å². The van der Waals surface area contributed by atoms with Gasteiger partial charge in [-0.05, 0) is 7.05 Å². The second-order valence-electron chi connectivity index (χ2n) is 3.25. The number of likely N-dealkylation sites (N-methyl/N-ethyl adjacent to an activating group) is 1. The highest BCUT2D eigenvalue weighted by molar-refractivity contribution is 5.66. The summed E-state index contributed by atoms with van der Waals surface area (Å²) < 4.78 is 35.5. The molecule has 0 aliphatic rings. The average Bonchev–Trinajstić information content (AvgIpc) is 2.17. The molecule has 0 fully saturated rings. The molecule has 0 saturated carbocycles. The summed E-state index contributed by atoms with van der Waals surface area (Å²) in [6.45, 7) is 3.90. The fourth-order valence-electron chi connectivity index (χ4n) is 0.975. The molecule has 0 heterocycles. The van der Waals surface area contributed by atoms with Crippen molar-refractivity contribution in [3.8, 4) is 0 Å². The Balaban J connectivity index is 0. The van der Waals surface area contributed by atoms with Crippen molar-refractivity contribution in [1.82, 2.24) is 10.2 Å². The van der Waals surface area contributed by atoms with E-state index < -0.39 is 18.7 Å². The molecule has 0 radical (unpaired) electrons. The molecule has 0 bridgehead atoms. The maximum absolute atomic E-state index is 11.8. The summed E-state index contributed by atoms with van der Waals surface area (Å²) in [5, 5.41) is 11.0. The molecule has 7 heteroatoms. The second-order valence-corrected chi connectivity index (χ2v) is 3.25. The molecular formula is C10H21F3N2O2. The average molecular weight is 258 g/mol. The molecule has 0 atom stereocenters. The van der Waals surface area contributed by atoms with Crippen LogP contribution < -0.4 is 5.32 Å². The van der Waals surface area contributed by atoms with Crippen LogP contribution in [0.5, 0.6) is 0 Å². The first kappa shape index (κ1) is 18.5. The molecule has 0 saturated heterocycles. The van der Waals surface area contributed by atoms with Gasteiger partial charge in [0.05, 0.1) is 13.0 Å². The van der Waals surface area contributed by atoms with E-state index in [1.165, 1.54) is 7.05 Å². The molecule has 17 heavy (non-hydrogen) atoms. The van der Waals surface area contributed by atoms with E-state index >= 15 is 0 Å². The van der Waals surface area contributed by atoms with Gasteiger partial charge in [0.15, 0.2) is 0 Å². The third-order valence-corrected chi connectivity index (χ3v) is 1.64. The molecule has 104 valence electrons. The Hall–Kier alpha value is -0.820. The van der Waals surface area contributed by atoms with Crippen LogP contribution in [0, 0.1) is 0 Å². The van der Waals surface area contributed by atoms with Crippen LogP contribution in [0.25, 0.3) is 0 Å². The number of hydrogen-bond donors (Lipinski definition) is 2. The van der Waals surface area contributed by atoms with Crippen LogP contribution in [0.4, 0.5) is 13.2 Å². The fourth-order valence-corrected chi connectivity index (χ4v) is 0.975. The largest absolute Gasteiger partial charge is 0.481 e. The van der Waals surface area contributed by atoms with Gasteiger partial charge >= 0.3 is 12.1 Å². The lowest BCUT2D eigenvalue weighted by molar-refractivity contribution is -0.142. The Kier molecular flexibility index (Phi) is 11.3. The van der Waals surface area contributed by atoms with Gasteiger partial charge in [-0.15, -0.1) is 0 Å². The van der Waals surface area contributed by atoms with Crippen molar-refractivity contribution in [1.29, 1.82) is 0 Å². The van der Waals surface area contributed by atoms with E-state index in [2.05, 4.69) is 5.32 Å². The molecule has 0 aliphatic carbocycles. The van der Waals surface area contributed by atoms with Crippen molar-refractivity contribution in [2.45, 2.75) is 26.4 Å².